The van der Waals surface area contributed by atoms with Crippen molar-refractivity contribution in [2.24, 2.45) is 0 Å². The molecule has 6 heteroatoms. The van der Waals surface area contributed by atoms with E-state index in [1.165, 1.54) is 6.07 Å². The molecule has 0 radical (unpaired) electrons. The Morgan fingerprint density at radius 3 is 2.90 bits per heavy atom. The number of hydrogen-bond acceptors (Lipinski definition) is 2. The van der Waals surface area contributed by atoms with Crippen LogP contribution >= 0.6 is 27.5 Å². The number of halogens is 3. The summed E-state index contributed by atoms with van der Waals surface area (Å²) in [6.45, 7) is 1.94. The number of aryl methyl sites for hydroxylation is 1. The van der Waals surface area contributed by atoms with Gasteiger partial charge in [-0.1, -0.05) is 15.9 Å². The normalized spacial score (nSPS) is 11.2. The third-order valence-electron chi connectivity index (χ3n) is 3.09. The van der Waals surface area contributed by atoms with Gasteiger partial charge in [-0.15, -0.1) is 11.6 Å². The zero-order valence-electron chi connectivity index (χ0n) is 10.6. The van der Waals surface area contributed by atoms with Crippen LogP contribution in [0.1, 0.15) is 11.4 Å². The van der Waals surface area contributed by atoms with Crippen molar-refractivity contribution in [3.8, 4) is 5.69 Å². The summed E-state index contributed by atoms with van der Waals surface area (Å²) in [5.41, 5.74) is 2.71. The fraction of sp³-hybridized carbons (Fsp3) is 0.143. The summed E-state index contributed by atoms with van der Waals surface area (Å²) in [6.07, 6.45) is 1.68. The van der Waals surface area contributed by atoms with Crippen molar-refractivity contribution >= 4 is 38.7 Å². The summed E-state index contributed by atoms with van der Waals surface area (Å²) in [4.78, 5) is 8.78. The molecule has 2 heterocycles. The van der Waals surface area contributed by atoms with Crippen molar-refractivity contribution in [1.82, 2.24) is 14.5 Å². The second kappa shape index (κ2) is 5.14. The minimum Gasteiger partial charge on any atom is -0.277 e. The Morgan fingerprint density at radius 1 is 1.35 bits per heavy atom. The number of pyridine rings is 1. The molecule has 0 bridgehead atoms. The van der Waals surface area contributed by atoms with Gasteiger partial charge in [0.15, 0.2) is 5.65 Å². The Kier molecular flexibility index (Phi) is 3.48. The quantitative estimate of drug-likeness (QED) is 0.640. The average Bonchev–Trinajstić information content (AvgIpc) is 2.81. The van der Waals surface area contributed by atoms with Crippen molar-refractivity contribution in [3.63, 3.8) is 0 Å². The minimum absolute atomic E-state index is 0.182. The number of aromatic nitrogens is 3. The fourth-order valence-corrected chi connectivity index (χ4v) is 2.67. The van der Waals surface area contributed by atoms with Crippen LogP contribution in [-0.4, -0.2) is 14.5 Å². The molecule has 0 amide bonds. The second-order valence-electron chi connectivity index (χ2n) is 4.39. The third kappa shape index (κ3) is 2.11. The molecular formula is C14H10BrClFN3. The van der Waals surface area contributed by atoms with Crippen LogP contribution < -0.4 is 0 Å². The first kappa shape index (κ1) is 13.5. The molecule has 0 aliphatic rings. The topological polar surface area (TPSA) is 30.7 Å². The fourth-order valence-electron chi connectivity index (χ4n) is 2.14. The Balaban J connectivity index is 2.40. The predicted molar refractivity (Wildman–Crippen MR) is 80.8 cm³/mol. The lowest BCUT2D eigenvalue weighted by atomic mass is 10.2. The second-order valence-corrected chi connectivity index (χ2v) is 5.58. The van der Waals surface area contributed by atoms with Gasteiger partial charge in [-0.25, -0.2) is 14.4 Å². The highest BCUT2D eigenvalue weighted by Gasteiger charge is 2.17. The molecule has 1 aromatic carbocycles. The van der Waals surface area contributed by atoms with Gasteiger partial charge in [0, 0.05) is 10.7 Å². The van der Waals surface area contributed by atoms with Gasteiger partial charge in [-0.05, 0) is 36.8 Å². The molecule has 0 aliphatic carbocycles. The first-order valence-electron chi connectivity index (χ1n) is 5.96. The summed E-state index contributed by atoms with van der Waals surface area (Å²) in [7, 11) is 0. The van der Waals surface area contributed by atoms with Crippen molar-refractivity contribution in [1.29, 1.82) is 0 Å². The van der Waals surface area contributed by atoms with Crippen LogP contribution in [0.25, 0.3) is 16.9 Å². The lowest BCUT2D eigenvalue weighted by Gasteiger charge is -2.09. The maximum Gasteiger partial charge on any atom is 0.165 e. The Labute approximate surface area is 128 Å². The summed E-state index contributed by atoms with van der Waals surface area (Å²) in [5.74, 6) is 0.407. The Morgan fingerprint density at radius 2 is 2.15 bits per heavy atom. The van der Waals surface area contributed by atoms with Crippen LogP contribution in [0, 0.1) is 12.7 Å². The predicted octanol–water partition coefficient (Wildman–Crippen LogP) is 4.37. The number of fused-ring (bicyclic) bond motifs is 1. The first-order chi connectivity index (χ1) is 9.61. The van der Waals surface area contributed by atoms with Crippen LogP contribution in [0.2, 0.25) is 0 Å². The van der Waals surface area contributed by atoms with Gasteiger partial charge < -0.3 is 0 Å². The number of alkyl halides is 1. The average molecular weight is 355 g/mol. The lowest BCUT2D eigenvalue weighted by Crippen LogP contribution is -2.03. The largest absolute Gasteiger partial charge is 0.277 e. The summed E-state index contributed by atoms with van der Waals surface area (Å²) in [6, 6.07) is 6.61. The van der Waals surface area contributed by atoms with Gasteiger partial charge in [-0.3, -0.25) is 4.57 Å². The molecule has 0 atom stereocenters. The molecule has 0 N–H and O–H groups in total. The molecule has 3 aromatic rings. The highest BCUT2D eigenvalue weighted by atomic mass is 79.9. The molecule has 20 heavy (non-hydrogen) atoms. The van der Waals surface area contributed by atoms with Crippen LogP contribution in [0.5, 0.6) is 0 Å². The van der Waals surface area contributed by atoms with Crippen molar-refractivity contribution < 1.29 is 4.39 Å². The highest BCUT2D eigenvalue weighted by Crippen LogP contribution is 2.26. The van der Waals surface area contributed by atoms with E-state index in [1.54, 1.807) is 22.9 Å². The van der Waals surface area contributed by atoms with Crippen LogP contribution in [0.15, 0.2) is 34.9 Å². The molecule has 0 aliphatic heterocycles. The van der Waals surface area contributed by atoms with E-state index in [0.29, 0.717) is 17.2 Å². The molecule has 0 fully saturated rings. The number of nitrogens with zero attached hydrogens (tertiary/aromatic N) is 3. The van der Waals surface area contributed by atoms with E-state index in [0.717, 1.165) is 15.6 Å². The van der Waals surface area contributed by atoms with Crippen molar-refractivity contribution in [3.05, 3.63) is 52.1 Å². The minimum atomic E-state index is -0.345. The van der Waals surface area contributed by atoms with Gasteiger partial charge in [0.1, 0.15) is 17.2 Å². The molecule has 0 spiro atoms. The number of hydrogen-bond donors (Lipinski definition) is 0. The zero-order chi connectivity index (χ0) is 14.3. The molecule has 0 saturated heterocycles. The summed E-state index contributed by atoms with van der Waals surface area (Å²) in [5, 5.41) is 0. The monoisotopic (exact) mass is 353 g/mol. The zero-order valence-corrected chi connectivity index (χ0v) is 12.9. The summed E-state index contributed by atoms with van der Waals surface area (Å²) < 4.78 is 16.6. The molecule has 0 unspecified atom stereocenters. The number of imidazole rings is 1. The van der Waals surface area contributed by atoms with Gasteiger partial charge >= 0.3 is 0 Å². The smallest absolute Gasteiger partial charge is 0.165 e. The van der Waals surface area contributed by atoms with Gasteiger partial charge in [0.05, 0.1) is 11.6 Å². The lowest BCUT2D eigenvalue weighted by molar-refractivity contribution is 0.617. The Hall–Kier alpha value is -1.46. The Bertz CT molecular complexity index is 800. The van der Waals surface area contributed by atoms with Crippen LogP contribution in [0.4, 0.5) is 4.39 Å². The van der Waals surface area contributed by atoms with Gasteiger partial charge in [0.25, 0.3) is 0 Å². The first-order valence-corrected chi connectivity index (χ1v) is 7.29. The van der Waals surface area contributed by atoms with Gasteiger partial charge in [0.2, 0.25) is 0 Å². The van der Waals surface area contributed by atoms with E-state index in [-0.39, 0.29) is 11.7 Å². The van der Waals surface area contributed by atoms with Crippen LogP contribution in [0.3, 0.4) is 0 Å². The van der Waals surface area contributed by atoms with E-state index < -0.39 is 0 Å². The maximum atomic E-state index is 14.1. The van der Waals surface area contributed by atoms with Crippen molar-refractivity contribution in [2.45, 2.75) is 12.8 Å². The maximum absolute atomic E-state index is 14.1. The molecule has 0 saturated carbocycles. The molecule has 3 nitrogen and oxygen atoms in total. The van der Waals surface area contributed by atoms with E-state index in [9.17, 15) is 4.39 Å². The third-order valence-corrected chi connectivity index (χ3v) is 3.82. The molecule has 2 aromatic heterocycles. The molecule has 3 rings (SSSR count). The molecule has 102 valence electrons. The van der Waals surface area contributed by atoms with Crippen molar-refractivity contribution in [2.75, 3.05) is 0 Å². The van der Waals surface area contributed by atoms with E-state index >= 15 is 0 Å². The molecular weight excluding hydrogens is 345 g/mol. The van der Waals surface area contributed by atoms with Gasteiger partial charge in [-0.2, -0.15) is 0 Å². The van der Waals surface area contributed by atoms with E-state index in [4.69, 9.17) is 11.6 Å². The summed E-state index contributed by atoms with van der Waals surface area (Å²) >= 11 is 9.31. The SMILES string of the molecule is Cc1ccnc2c1nc(CCl)n2-c1cc(Br)ccc1F. The van der Waals surface area contributed by atoms with E-state index in [1.807, 2.05) is 13.0 Å². The number of benzene rings is 1. The standard InChI is InChI=1S/C14H10BrClFN3/c1-8-4-5-18-14-13(8)19-12(7-16)20(14)11-6-9(15)2-3-10(11)17/h2-6H,7H2,1H3. The number of rotatable bonds is 2. The highest BCUT2D eigenvalue weighted by molar-refractivity contribution is 9.10. The van der Waals surface area contributed by atoms with E-state index in [2.05, 4.69) is 25.9 Å². The van der Waals surface area contributed by atoms with Crippen LogP contribution in [-0.2, 0) is 5.88 Å².